The maximum Gasteiger partial charge on any atom is 4.00 e. The normalized spacial score (nSPS) is 1.33. The zero-order valence-corrected chi connectivity index (χ0v) is 7.41. The third kappa shape index (κ3) is 64.2. The molecule has 0 aliphatic carbocycles. The van der Waals surface area contributed by atoms with E-state index in [-0.39, 0.29) is 49.0 Å². The molecule has 0 radical (unpaired) electrons. The van der Waals surface area contributed by atoms with Crippen LogP contribution < -0.4 is 0 Å². The van der Waals surface area contributed by atoms with Crippen LogP contribution in [0.1, 0.15) is 0 Å². The average molecular weight is 194 g/mol. The van der Waals surface area contributed by atoms with E-state index < -0.39 is 9.29 Å². The first-order chi connectivity index (χ1) is 1.41. The van der Waals surface area contributed by atoms with Gasteiger partial charge in [-0.3, -0.25) is 8.92 Å². The molecule has 0 N–H and O–H groups in total. The Balaban J connectivity index is -0.00000000667. The molecule has 0 saturated heterocycles. The van der Waals surface area contributed by atoms with Crippen LogP contribution >= 0.6 is 0 Å². The quantitative estimate of drug-likeness (QED) is 0.459. The summed E-state index contributed by atoms with van der Waals surface area (Å²) in [6.45, 7) is 0. The largest absolute Gasteiger partial charge is 4.00 e. The summed E-state index contributed by atoms with van der Waals surface area (Å²) >= 11 is 0. The predicted octanol–water partition coefficient (Wildman–Crippen LogP) is -1.12. The number of rotatable bonds is 0. The summed E-state index contributed by atoms with van der Waals surface area (Å²) < 4.78 is 16.8. The van der Waals surface area contributed by atoms with Gasteiger partial charge in [-0.15, -0.1) is 0 Å². The van der Waals surface area contributed by atoms with Crippen molar-refractivity contribution >= 4 is 26.7 Å². The molecule has 0 bridgehead atoms. The molecule has 0 aromatic rings. The zero-order chi connectivity index (χ0) is 2.71. The molecule has 6 heteroatoms. The predicted molar refractivity (Wildman–Crippen MR) is 13.6 cm³/mol. The first kappa shape index (κ1) is 27.1. The fourth-order valence-electron chi connectivity index (χ4n) is 0. The SMILES string of the molecule is O=[Si]=O.[Al+3].[O-2].[Zr+4]. The van der Waals surface area contributed by atoms with E-state index >= 15 is 0 Å². The Kier molecular flexibility index (Phi) is 157. The Morgan fingerprint density at radius 2 is 1.17 bits per heavy atom. The van der Waals surface area contributed by atoms with Crippen LogP contribution in [0, 0.1) is 0 Å². The molecule has 0 rings (SSSR count). The molecule has 0 aromatic heterocycles. The van der Waals surface area contributed by atoms with Crippen LogP contribution in [0.15, 0.2) is 0 Å². The van der Waals surface area contributed by atoms with E-state index in [1.54, 1.807) is 0 Å². The fourth-order valence-corrected chi connectivity index (χ4v) is 0. The van der Waals surface area contributed by atoms with Gasteiger partial charge in [0.2, 0.25) is 0 Å². The third-order valence-corrected chi connectivity index (χ3v) is 0. The van der Waals surface area contributed by atoms with Crippen LogP contribution in [0.5, 0.6) is 0 Å². The van der Waals surface area contributed by atoms with Crippen LogP contribution in [0.4, 0.5) is 0 Å². The molecule has 0 atom stereocenters. The third-order valence-electron chi connectivity index (χ3n) is 0. The molecule has 0 aromatic carbocycles. The smallest absolute Gasteiger partial charge is 2.00 e. The van der Waals surface area contributed by atoms with E-state index in [2.05, 4.69) is 0 Å². The Morgan fingerprint density at radius 1 is 1.17 bits per heavy atom. The van der Waals surface area contributed by atoms with Gasteiger partial charge in [0.05, 0.1) is 0 Å². The average Bonchev–Trinajstić information content (AvgIpc) is 0.918. The first-order valence-electron chi connectivity index (χ1n) is 0.408. The van der Waals surface area contributed by atoms with Crippen molar-refractivity contribution < 1.29 is 40.6 Å². The van der Waals surface area contributed by atoms with Crippen molar-refractivity contribution in [2.45, 2.75) is 0 Å². The Morgan fingerprint density at radius 3 is 1.17 bits per heavy atom. The molecule has 6 heavy (non-hydrogen) atoms. The minimum absolute atomic E-state index is 0. The molecule has 0 heterocycles. The van der Waals surface area contributed by atoms with Gasteiger partial charge in [-0.1, -0.05) is 0 Å². The summed E-state index contributed by atoms with van der Waals surface area (Å²) in [5.41, 5.74) is 0. The topological polar surface area (TPSA) is 62.6 Å². The van der Waals surface area contributed by atoms with Gasteiger partial charge in [-0.2, -0.15) is 0 Å². The molecular weight excluding hydrogens is 194 g/mol. The van der Waals surface area contributed by atoms with E-state index in [0.29, 0.717) is 0 Å². The Labute approximate surface area is 67.0 Å². The Bertz CT molecular complexity index is 31.8. The molecular formula is AlO3SiZr+5. The van der Waals surface area contributed by atoms with Crippen molar-refractivity contribution in [1.82, 2.24) is 0 Å². The minimum Gasteiger partial charge on any atom is -2.00 e. The van der Waals surface area contributed by atoms with Gasteiger partial charge >= 0.3 is 52.9 Å². The summed E-state index contributed by atoms with van der Waals surface area (Å²) in [5, 5.41) is 0. The van der Waals surface area contributed by atoms with Crippen LogP contribution in [0.3, 0.4) is 0 Å². The molecule has 0 spiro atoms. The van der Waals surface area contributed by atoms with Crippen LogP contribution in [-0.4, -0.2) is 26.7 Å². The number of hydrogen-bond donors (Lipinski definition) is 0. The fraction of sp³-hybridized carbons (Fsp3) is 0. The molecule has 0 fully saturated rings. The maximum atomic E-state index is 8.40. The summed E-state index contributed by atoms with van der Waals surface area (Å²) in [7, 11) is -1.42. The van der Waals surface area contributed by atoms with Crippen LogP contribution in [0.2, 0.25) is 0 Å². The molecule has 0 aliphatic heterocycles. The molecule has 0 amide bonds. The second-order valence-electron chi connectivity index (χ2n) is 0.0833. The van der Waals surface area contributed by atoms with E-state index in [4.69, 9.17) is 8.92 Å². The van der Waals surface area contributed by atoms with Crippen LogP contribution in [-0.2, 0) is 40.6 Å². The minimum atomic E-state index is -1.42. The molecule has 0 saturated carbocycles. The van der Waals surface area contributed by atoms with Gasteiger partial charge in [-0.25, -0.2) is 0 Å². The van der Waals surface area contributed by atoms with Crippen molar-refractivity contribution in [2.75, 3.05) is 0 Å². The molecule has 24 valence electrons. The second-order valence-corrected chi connectivity index (χ2v) is 0.250. The summed E-state index contributed by atoms with van der Waals surface area (Å²) in [6, 6.07) is 0. The summed E-state index contributed by atoms with van der Waals surface area (Å²) in [6.07, 6.45) is 0. The van der Waals surface area contributed by atoms with Gasteiger partial charge in [0.1, 0.15) is 0 Å². The van der Waals surface area contributed by atoms with Crippen LogP contribution in [0.25, 0.3) is 0 Å². The summed E-state index contributed by atoms with van der Waals surface area (Å²) in [4.78, 5) is 0. The van der Waals surface area contributed by atoms with E-state index in [0.717, 1.165) is 0 Å². The van der Waals surface area contributed by atoms with E-state index in [1.807, 2.05) is 0 Å². The summed E-state index contributed by atoms with van der Waals surface area (Å²) in [5.74, 6) is 0. The molecule has 0 aliphatic rings. The van der Waals surface area contributed by atoms with E-state index in [9.17, 15) is 0 Å². The van der Waals surface area contributed by atoms with Crippen molar-refractivity contribution in [3.05, 3.63) is 0 Å². The van der Waals surface area contributed by atoms with Gasteiger partial charge < -0.3 is 5.48 Å². The van der Waals surface area contributed by atoms with Gasteiger partial charge in [0.15, 0.2) is 0 Å². The monoisotopic (exact) mass is 193 g/mol. The first-order valence-corrected chi connectivity index (χ1v) is 1.22. The second kappa shape index (κ2) is 34.7. The maximum absolute atomic E-state index is 8.40. The van der Waals surface area contributed by atoms with Crippen molar-refractivity contribution in [3.63, 3.8) is 0 Å². The molecule has 0 unspecified atom stereocenters. The van der Waals surface area contributed by atoms with Gasteiger partial charge in [0.25, 0.3) is 0 Å². The number of hydrogen-bond acceptors (Lipinski definition) is 2. The zero-order valence-electron chi connectivity index (χ0n) is 2.80. The van der Waals surface area contributed by atoms with E-state index in [1.165, 1.54) is 0 Å². The molecule has 3 nitrogen and oxygen atoms in total. The van der Waals surface area contributed by atoms with Gasteiger partial charge in [0, 0.05) is 0 Å². The standard InChI is InChI=1S/Al.O2Si.O.Zr/c;1-3-2;;/q+3;;-2;+4. The van der Waals surface area contributed by atoms with Crippen molar-refractivity contribution in [1.29, 1.82) is 0 Å². The van der Waals surface area contributed by atoms with Crippen molar-refractivity contribution in [3.8, 4) is 0 Å². The van der Waals surface area contributed by atoms with Crippen molar-refractivity contribution in [2.24, 2.45) is 0 Å². The Hall–Kier alpha value is 1.19. The van der Waals surface area contributed by atoms with Gasteiger partial charge in [-0.05, 0) is 0 Å².